The summed E-state index contributed by atoms with van der Waals surface area (Å²) < 4.78 is 40.2. The average Bonchev–Trinajstić information content (AvgIpc) is 2.52. The molecule has 0 fully saturated rings. The van der Waals surface area contributed by atoms with Gasteiger partial charge in [-0.05, 0) is 6.07 Å². The van der Waals surface area contributed by atoms with Crippen molar-refractivity contribution in [3.8, 4) is 0 Å². The van der Waals surface area contributed by atoms with Crippen LogP contribution in [0.15, 0.2) is 32.7 Å². The first-order valence-electron chi connectivity index (χ1n) is 6.81. The van der Waals surface area contributed by atoms with Crippen molar-refractivity contribution in [3.63, 3.8) is 0 Å². The molecule has 134 valence electrons. The fourth-order valence-electron chi connectivity index (χ4n) is 2.18. The Morgan fingerprint density at radius 2 is 1.72 bits per heavy atom. The van der Waals surface area contributed by atoms with E-state index in [1.807, 2.05) is 0 Å². The summed E-state index contributed by atoms with van der Waals surface area (Å²) in [5, 5.41) is 0. The van der Waals surface area contributed by atoms with Crippen LogP contribution in [0.25, 0.3) is 0 Å². The highest BCUT2D eigenvalue weighted by molar-refractivity contribution is 5.99. The number of nitrogen functional groups attached to an aromatic ring is 1. The minimum atomic E-state index is -4.70. The maximum absolute atomic E-state index is 12.7. The van der Waals surface area contributed by atoms with Crippen LogP contribution in [-0.4, -0.2) is 19.5 Å². The van der Waals surface area contributed by atoms with E-state index in [2.05, 4.69) is 0 Å². The highest BCUT2D eigenvalue weighted by atomic mass is 19.4. The maximum Gasteiger partial charge on any atom is 0.417 e. The van der Waals surface area contributed by atoms with Crippen molar-refractivity contribution in [2.45, 2.75) is 12.7 Å². The van der Waals surface area contributed by atoms with Crippen molar-refractivity contribution in [1.29, 1.82) is 0 Å². The average molecular weight is 358 g/mol. The zero-order valence-corrected chi connectivity index (χ0v) is 13.1. The number of halogens is 3. The third-order valence-electron chi connectivity index (χ3n) is 3.61. The molecule has 0 radical (unpaired) electrons. The second-order valence-corrected chi connectivity index (χ2v) is 5.27. The minimum absolute atomic E-state index is 0.432. The van der Waals surface area contributed by atoms with Crippen LogP contribution in [0.2, 0.25) is 0 Å². The number of aromatic nitrogens is 3. The molecule has 0 aliphatic heterocycles. The van der Waals surface area contributed by atoms with Gasteiger partial charge in [-0.2, -0.15) is 13.2 Å². The first kappa shape index (κ1) is 18.2. The van der Waals surface area contributed by atoms with Crippen LogP contribution in [0.4, 0.5) is 19.0 Å². The summed E-state index contributed by atoms with van der Waals surface area (Å²) in [4.78, 5) is 47.8. The number of ketones is 1. The normalized spacial score (nSPS) is 11.6. The van der Waals surface area contributed by atoms with Crippen molar-refractivity contribution >= 4 is 11.6 Å². The lowest BCUT2D eigenvalue weighted by Crippen LogP contribution is -2.42. The van der Waals surface area contributed by atoms with E-state index >= 15 is 0 Å². The molecule has 0 saturated carbocycles. The molecule has 0 saturated heterocycles. The zero-order valence-electron chi connectivity index (χ0n) is 13.1. The van der Waals surface area contributed by atoms with Crippen LogP contribution in [0.5, 0.6) is 0 Å². The molecule has 2 aromatic heterocycles. The van der Waals surface area contributed by atoms with Gasteiger partial charge < -0.3 is 10.3 Å². The summed E-state index contributed by atoms with van der Waals surface area (Å²) in [5.41, 5.74) is 1.28. The number of nitrogens with two attached hydrogens (primary N) is 1. The number of pyridine rings is 1. The van der Waals surface area contributed by atoms with Gasteiger partial charge in [0.2, 0.25) is 0 Å². The van der Waals surface area contributed by atoms with Gasteiger partial charge in [0, 0.05) is 26.4 Å². The van der Waals surface area contributed by atoms with Gasteiger partial charge in [-0.25, -0.2) is 4.79 Å². The van der Waals surface area contributed by atoms with E-state index in [1.165, 1.54) is 7.05 Å². The van der Waals surface area contributed by atoms with E-state index in [-0.39, 0.29) is 0 Å². The Morgan fingerprint density at radius 3 is 2.28 bits per heavy atom. The molecular formula is C14H13F3N4O4. The number of nitrogens with zero attached hydrogens (tertiary/aromatic N) is 3. The van der Waals surface area contributed by atoms with Crippen LogP contribution < -0.4 is 22.5 Å². The Labute approximate surface area is 137 Å². The van der Waals surface area contributed by atoms with E-state index in [0.29, 0.717) is 27.5 Å². The molecule has 2 rings (SSSR count). The van der Waals surface area contributed by atoms with Crippen LogP contribution >= 0.6 is 0 Å². The molecule has 2 aromatic rings. The molecule has 2 N–H and O–H groups in total. The van der Waals surface area contributed by atoms with Gasteiger partial charge in [0.1, 0.15) is 11.4 Å². The molecule has 25 heavy (non-hydrogen) atoms. The number of carbonyl (C=O) groups is 1. The Balaban J connectivity index is 2.55. The third kappa shape index (κ3) is 3.25. The molecule has 0 aromatic carbocycles. The zero-order chi connectivity index (χ0) is 19.1. The Morgan fingerprint density at radius 1 is 1.12 bits per heavy atom. The Hall–Kier alpha value is -3.11. The van der Waals surface area contributed by atoms with Crippen molar-refractivity contribution in [1.82, 2.24) is 13.7 Å². The quantitative estimate of drug-likeness (QED) is 0.760. The molecule has 0 aliphatic rings. The van der Waals surface area contributed by atoms with Gasteiger partial charge in [0.25, 0.3) is 11.1 Å². The maximum atomic E-state index is 12.7. The van der Waals surface area contributed by atoms with Crippen LogP contribution in [-0.2, 0) is 26.8 Å². The minimum Gasteiger partial charge on any atom is -0.384 e. The van der Waals surface area contributed by atoms with Crippen molar-refractivity contribution in [3.05, 3.63) is 60.6 Å². The molecule has 0 atom stereocenters. The molecule has 2 heterocycles. The highest BCUT2D eigenvalue weighted by Gasteiger charge is 2.31. The first-order chi connectivity index (χ1) is 11.4. The van der Waals surface area contributed by atoms with Crippen molar-refractivity contribution in [2.75, 3.05) is 5.73 Å². The van der Waals surface area contributed by atoms with E-state index in [9.17, 15) is 32.3 Å². The predicted molar refractivity (Wildman–Crippen MR) is 81.4 cm³/mol. The standard InChI is InChI=1S/C14H13F3N4O4/c1-19-11(18)10(12(24)20(2)13(19)25)8(22)6-21-5-7(14(15,16)17)3-4-9(21)23/h3-5H,6,18H2,1-2H3. The summed E-state index contributed by atoms with van der Waals surface area (Å²) in [6.45, 7) is -0.833. The summed E-state index contributed by atoms with van der Waals surface area (Å²) >= 11 is 0. The molecule has 11 heteroatoms. The van der Waals surface area contributed by atoms with E-state index in [4.69, 9.17) is 5.73 Å². The van der Waals surface area contributed by atoms with Crippen LogP contribution in [0.3, 0.4) is 0 Å². The van der Waals surface area contributed by atoms with E-state index in [1.54, 1.807) is 0 Å². The van der Waals surface area contributed by atoms with Gasteiger partial charge in [0.05, 0.1) is 12.1 Å². The van der Waals surface area contributed by atoms with Crippen LogP contribution in [0.1, 0.15) is 15.9 Å². The SMILES string of the molecule is Cn1c(N)c(C(=O)Cn2cc(C(F)(F)F)ccc2=O)c(=O)n(C)c1=O. The molecule has 0 aliphatic carbocycles. The third-order valence-corrected chi connectivity index (χ3v) is 3.61. The lowest BCUT2D eigenvalue weighted by molar-refractivity contribution is -0.138. The second-order valence-electron chi connectivity index (χ2n) is 5.27. The first-order valence-corrected chi connectivity index (χ1v) is 6.81. The number of anilines is 1. The van der Waals surface area contributed by atoms with Gasteiger partial charge >= 0.3 is 11.9 Å². The molecular weight excluding hydrogens is 345 g/mol. The predicted octanol–water partition coefficient (Wildman–Crippen LogP) is -0.270. The topological polar surface area (TPSA) is 109 Å². The fraction of sp³-hybridized carbons (Fsp3) is 0.286. The van der Waals surface area contributed by atoms with Gasteiger partial charge in [-0.1, -0.05) is 0 Å². The highest BCUT2D eigenvalue weighted by Crippen LogP contribution is 2.28. The second kappa shape index (κ2) is 6.07. The summed E-state index contributed by atoms with van der Waals surface area (Å²) in [6, 6.07) is 1.25. The fourth-order valence-corrected chi connectivity index (χ4v) is 2.18. The number of Topliss-reactive ketones (excluding diaryl/α,β-unsaturated/α-hetero) is 1. The summed E-state index contributed by atoms with van der Waals surface area (Å²) in [7, 11) is 2.35. The van der Waals surface area contributed by atoms with Gasteiger partial charge in [-0.15, -0.1) is 0 Å². The van der Waals surface area contributed by atoms with Gasteiger partial charge in [-0.3, -0.25) is 23.5 Å². The largest absolute Gasteiger partial charge is 0.417 e. The Kier molecular flexibility index (Phi) is 4.43. The van der Waals surface area contributed by atoms with Crippen molar-refractivity contribution in [2.24, 2.45) is 14.1 Å². The molecule has 0 amide bonds. The number of rotatable bonds is 3. The lowest BCUT2D eigenvalue weighted by Gasteiger charge is -2.12. The summed E-state index contributed by atoms with van der Waals surface area (Å²) in [5.74, 6) is -1.42. The van der Waals surface area contributed by atoms with Crippen molar-refractivity contribution < 1.29 is 18.0 Å². The van der Waals surface area contributed by atoms with Crippen LogP contribution in [0, 0.1) is 0 Å². The number of hydrogen-bond acceptors (Lipinski definition) is 5. The molecule has 8 nitrogen and oxygen atoms in total. The number of carbonyl (C=O) groups excluding carboxylic acids is 1. The van der Waals surface area contributed by atoms with E-state index < -0.39 is 52.3 Å². The molecule has 0 bridgehead atoms. The van der Waals surface area contributed by atoms with E-state index in [0.717, 1.165) is 11.6 Å². The Bertz CT molecular complexity index is 1030. The number of hydrogen-bond donors (Lipinski definition) is 1. The molecule has 0 unspecified atom stereocenters. The molecule has 0 spiro atoms. The lowest BCUT2D eigenvalue weighted by atomic mass is 10.2. The summed E-state index contributed by atoms with van der Waals surface area (Å²) in [6.07, 6.45) is -4.23. The monoisotopic (exact) mass is 358 g/mol. The smallest absolute Gasteiger partial charge is 0.384 e. The number of alkyl halides is 3. The van der Waals surface area contributed by atoms with Gasteiger partial charge in [0.15, 0.2) is 5.78 Å².